The van der Waals surface area contributed by atoms with Crippen molar-refractivity contribution in [3.05, 3.63) is 65.0 Å². The minimum Gasteiger partial charge on any atom is -0.505 e. The molecule has 3 rings (SSSR count). The van der Waals surface area contributed by atoms with Gasteiger partial charge in [-0.3, -0.25) is 19.4 Å². The van der Waals surface area contributed by atoms with Crippen molar-refractivity contribution in [2.45, 2.75) is 110 Å². The van der Waals surface area contributed by atoms with Crippen LogP contribution >= 0.6 is 0 Å². The minimum atomic E-state index is -1.51. The number of ketones is 1. The lowest BCUT2D eigenvalue weighted by Gasteiger charge is -2.36. The summed E-state index contributed by atoms with van der Waals surface area (Å²) in [5.74, 6) is -9.95. The summed E-state index contributed by atoms with van der Waals surface area (Å²) >= 11 is 0. The lowest BCUT2D eigenvalue weighted by Crippen LogP contribution is -2.62. The number of halogens is 2. The summed E-state index contributed by atoms with van der Waals surface area (Å²) in [5, 5.41) is 38.6. The zero-order valence-corrected chi connectivity index (χ0v) is 31.7. The number of ether oxygens (including phenoxy) is 1. The fraction of sp³-hybridized carbons (Fsp3) is 0.538. The molecule has 0 aliphatic carbocycles. The molecule has 0 spiro atoms. The van der Waals surface area contributed by atoms with Gasteiger partial charge in [-0.25, -0.2) is 14.6 Å². The van der Waals surface area contributed by atoms with E-state index in [0.717, 1.165) is 17.1 Å². The predicted molar refractivity (Wildman–Crippen MR) is 195 cm³/mol. The highest BCUT2D eigenvalue weighted by Gasteiger charge is 2.38. The Labute approximate surface area is 319 Å². The smallest absolute Gasteiger partial charge is 0.330 e. The maximum absolute atomic E-state index is 14.4. The van der Waals surface area contributed by atoms with Crippen molar-refractivity contribution in [2.24, 2.45) is 17.8 Å². The number of hydrogen-bond donors (Lipinski definition) is 6. The van der Waals surface area contributed by atoms with Gasteiger partial charge in [-0.2, -0.15) is 4.39 Å². The largest absolute Gasteiger partial charge is 0.505 e. The van der Waals surface area contributed by atoms with E-state index < -0.39 is 95.6 Å². The van der Waals surface area contributed by atoms with E-state index in [4.69, 9.17) is 4.74 Å². The summed E-state index contributed by atoms with van der Waals surface area (Å²) in [5.41, 5.74) is 3.24. The Morgan fingerprint density at radius 3 is 2.42 bits per heavy atom. The van der Waals surface area contributed by atoms with Crippen LogP contribution in [-0.2, 0) is 39.9 Å². The third-order valence-electron chi connectivity index (χ3n) is 9.69. The Hall–Kier alpha value is -4.80. The molecule has 1 fully saturated rings. The molecule has 1 aromatic rings. The van der Waals surface area contributed by atoms with Crippen LogP contribution in [0.2, 0.25) is 0 Å². The molecule has 0 radical (unpaired) electrons. The number of nitrogens with one attached hydrogen (secondary N) is 3. The van der Waals surface area contributed by atoms with Crippen LogP contribution in [0, 0.1) is 29.4 Å². The zero-order valence-electron chi connectivity index (χ0n) is 31.7. The third kappa shape index (κ3) is 12.6. The first-order valence-electron chi connectivity index (χ1n) is 18.3. The van der Waals surface area contributed by atoms with Crippen molar-refractivity contribution in [3.63, 3.8) is 0 Å². The number of aliphatic hydroxyl groups is 2. The molecule has 3 amide bonds. The van der Waals surface area contributed by atoms with Gasteiger partial charge in [-0.05, 0) is 62.3 Å². The number of phenols is 1. The Morgan fingerprint density at radius 1 is 1.07 bits per heavy atom. The fourth-order valence-corrected chi connectivity index (χ4v) is 6.27. The predicted octanol–water partition coefficient (Wildman–Crippen LogP) is 2.60. The maximum Gasteiger partial charge on any atom is 0.330 e. The summed E-state index contributed by atoms with van der Waals surface area (Å²) in [6.45, 7) is 7.76. The number of aliphatic hydroxyl groups excluding tert-OH is 2. The SMILES string of the molecule is CC(=O)CC[C@H]1C(=O)N[C@@H](C(C)C)C(=O)N[C@@H](Cc2cc(O)c(F)c(F)c2)C(=O)N2CCCC(N2)C(=O)O/C(=C(/C)CC=O)CC=CC=C[C@H](O)[C@H](C)[C@H]1O. The van der Waals surface area contributed by atoms with Crippen molar-refractivity contribution in [1.29, 1.82) is 0 Å². The number of fused-ring (bicyclic) bond motifs is 2. The monoisotopic (exact) mass is 774 g/mol. The molecular weight excluding hydrogens is 722 g/mol. The first kappa shape index (κ1) is 44.6. The second-order valence-corrected chi connectivity index (χ2v) is 14.4. The van der Waals surface area contributed by atoms with Crippen LogP contribution in [0.25, 0.3) is 0 Å². The number of carbonyl (C=O) groups excluding carboxylic acids is 6. The molecule has 14 nitrogen and oxygen atoms in total. The lowest BCUT2D eigenvalue weighted by molar-refractivity contribution is -0.150. The Morgan fingerprint density at radius 2 is 1.78 bits per heavy atom. The molecule has 2 heterocycles. The van der Waals surface area contributed by atoms with Crippen molar-refractivity contribution in [2.75, 3.05) is 6.54 Å². The zero-order chi connectivity index (χ0) is 41.0. The minimum absolute atomic E-state index is 0.0280. The number of hydrazine groups is 1. The first-order valence-corrected chi connectivity index (χ1v) is 18.3. The Kier molecular flexibility index (Phi) is 16.8. The lowest BCUT2D eigenvalue weighted by atomic mass is 9.84. The fourth-order valence-electron chi connectivity index (χ4n) is 6.27. The van der Waals surface area contributed by atoms with Crippen LogP contribution in [0.15, 0.2) is 47.8 Å². The molecule has 2 aliphatic rings. The molecule has 6 N–H and O–H groups in total. The van der Waals surface area contributed by atoms with E-state index in [0.29, 0.717) is 18.3 Å². The van der Waals surface area contributed by atoms with Crippen LogP contribution in [0.5, 0.6) is 5.75 Å². The van der Waals surface area contributed by atoms with E-state index in [1.165, 1.54) is 26.0 Å². The first-order chi connectivity index (χ1) is 25.9. The summed E-state index contributed by atoms with van der Waals surface area (Å²) in [4.78, 5) is 78.6. The molecule has 0 aromatic heterocycles. The van der Waals surface area contributed by atoms with Crippen LogP contribution < -0.4 is 16.1 Å². The summed E-state index contributed by atoms with van der Waals surface area (Å²) in [6.07, 6.45) is 3.96. The number of allylic oxidation sites excluding steroid dienone is 4. The van der Waals surface area contributed by atoms with Gasteiger partial charge < -0.3 is 40.3 Å². The topological polar surface area (TPSA) is 212 Å². The van der Waals surface area contributed by atoms with Gasteiger partial charge >= 0.3 is 5.97 Å². The molecule has 1 unspecified atom stereocenters. The molecule has 2 aliphatic heterocycles. The van der Waals surface area contributed by atoms with Gasteiger partial charge in [0.1, 0.15) is 36.0 Å². The average Bonchev–Trinajstić information content (AvgIpc) is 3.13. The van der Waals surface area contributed by atoms with Crippen LogP contribution in [0.3, 0.4) is 0 Å². The third-order valence-corrected chi connectivity index (χ3v) is 9.69. The number of phenolic OH excluding ortho intramolecular Hbond substituents is 1. The number of benzene rings is 1. The summed E-state index contributed by atoms with van der Waals surface area (Å²) in [6, 6.07) is -2.20. The molecule has 1 saturated heterocycles. The number of amides is 3. The molecule has 7 atom stereocenters. The number of rotatable bonds is 8. The highest BCUT2D eigenvalue weighted by atomic mass is 19.2. The molecule has 16 heteroatoms. The molecule has 55 heavy (non-hydrogen) atoms. The van der Waals surface area contributed by atoms with Gasteiger partial charge in [-0.15, -0.1) is 0 Å². The molecule has 0 saturated carbocycles. The number of Topliss-reactive ketones (excluding diaryl/α,β-unsaturated/α-hetero) is 1. The summed E-state index contributed by atoms with van der Waals surface area (Å²) in [7, 11) is 0. The Bertz CT molecular complexity index is 1660. The Balaban J connectivity index is 2.11. The van der Waals surface area contributed by atoms with Crippen molar-refractivity contribution < 1.29 is 57.6 Å². The number of nitrogens with zero attached hydrogens (tertiary/aromatic N) is 1. The van der Waals surface area contributed by atoms with Gasteiger partial charge in [0.2, 0.25) is 11.8 Å². The number of aldehydes is 1. The van der Waals surface area contributed by atoms with Gasteiger partial charge in [0.05, 0.1) is 18.1 Å². The standard InChI is InChI=1S/C39H52F2N4O10/c1-21(2)34-37(52)42-29(19-25-18-27(40)33(41)31(49)20-25)38(53)45-16-9-10-28(44-45)39(54)55-32(22(3)15-17-46)12-8-6-7-11-30(48)24(5)35(50)26(36(51)43-34)14-13-23(4)47/h6-8,11,17-18,20-21,24,26,28-30,34-35,44,48-50H,9-10,12-16,19H2,1-5H3,(H,42,52)(H,43,51)/b8-6?,11-7?,32-22-/t24-,26+,28?,29-,30-,34-,35+/m0/s1. The van der Waals surface area contributed by atoms with E-state index in [1.54, 1.807) is 32.9 Å². The molecule has 2 bridgehead atoms. The van der Waals surface area contributed by atoms with Gasteiger partial charge in [0.15, 0.2) is 17.4 Å². The second kappa shape index (κ2) is 20.8. The van der Waals surface area contributed by atoms with E-state index in [-0.39, 0.29) is 55.8 Å². The normalized spacial score (nSPS) is 27.4. The summed E-state index contributed by atoms with van der Waals surface area (Å²) < 4.78 is 34.0. The quantitative estimate of drug-likeness (QED) is 0.167. The van der Waals surface area contributed by atoms with E-state index >= 15 is 0 Å². The number of esters is 1. The molecular formula is C39H52F2N4O10. The van der Waals surface area contributed by atoms with E-state index in [1.807, 2.05) is 0 Å². The van der Waals surface area contributed by atoms with Crippen LogP contribution in [-0.4, -0.2) is 93.0 Å². The van der Waals surface area contributed by atoms with Crippen molar-refractivity contribution in [1.82, 2.24) is 21.1 Å². The maximum atomic E-state index is 14.4. The van der Waals surface area contributed by atoms with E-state index in [9.17, 15) is 52.9 Å². The molecule has 1 aromatic carbocycles. The van der Waals surface area contributed by atoms with E-state index in [2.05, 4.69) is 16.1 Å². The number of hydrogen-bond acceptors (Lipinski definition) is 11. The second-order valence-electron chi connectivity index (χ2n) is 14.4. The number of cyclic esters (lactones) is 1. The van der Waals surface area contributed by atoms with Crippen molar-refractivity contribution >= 4 is 35.8 Å². The molecule has 302 valence electrons. The number of carbonyl (C=O) groups is 6. The van der Waals surface area contributed by atoms with Crippen LogP contribution in [0.4, 0.5) is 8.78 Å². The number of aromatic hydroxyl groups is 1. The van der Waals surface area contributed by atoms with Crippen LogP contribution in [0.1, 0.15) is 78.7 Å². The average molecular weight is 775 g/mol. The van der Waals surface area contributed by atoms with Gasteiger partial charge in [0.25, 0.3) is 5.91 Å². The van der Waals surface area contributed by atoms with Gasteiger partial charge in [0, 0.05) is 38.1 Å². The van der Waals surface area contributed by atoms with Gasteiger partial charge in [-0.1, -0.05) is 45.1 Å². The highest BCUT2D eigenvalue weighted by Crippen LogP contribution is 2.25. The van der Waals surface area contributed by atoms with Crippen molar-refractivity contribution in [3.8, 4) is 5.75 Å². The highest BCUT2D eigenvalue weighted by molar-refractivity contribution is 5.93.